The third-order valence-corrected chi connectivity index (χ3v) is 5.54. The van der Waals surface area contributed by atoms with E-state index in [1.807, 2.05) is 18.3 Å². The lowest BCUT2D eigenvalue weighted by molar-refractivity contribution is -0.0273. The molecular weight excluding hydrogens is 270 g/mol. The Hall–Kier alpha value is -0.940. The van der Waals surface area contributed by atoms with Crippen LogP contribution in [0, 0.1) is 0 Å². The minimum absolute atomic E-state index is 0.0930. The predicted octanol–water partition coefficient (Wildman–Crippen LogP) is 3.09. The molecule has 1 aliphatic rings. The summed E-state index contributed by atoms with van der Waals surface area (Å²) < 4.78 is 6.78. The maximum Gasteiger partial charge on any atom is 0.105 e. The fraction of sp³-hybridized carbons (Fsp3) is 0.500. The van der Waals surface area contributed by atoms with Gasteiger partial charge in [-0.1, -0.05) is 18.2 Å². The molecule has 0 amide bonds. The molecule has 108 valence electrons. The molecule has 3 atom stereocenters. The predicted molar refractivity (Wildman–Crippen MR) is 83.2 cm³/mol. The summed E-state index contributed by atoms with van der Waals surface area (Å²) in [6.45, 7) is 5.31. The van der Waals surface area contributed by atoms with E-state index in [1.54, 1.807) is 0 Å². The summed E-state index contributed by atoms with van der Waals surface area (Å²) >= 11 is 1.81. The Labute approximate surface area is 123 Å². The minimum atomic E-state index is -0.731. The zero-order valence-electron chi connectivity index (χ0n) is 11.9. The Morgan fingerprint density at radius 3 is 3.00 bits per heavy atom. The average Bonchev–Trinajstić information content (AvgIpc) is 3.01. The molecule has 2 heterocycles. The summed E-state index contributed by atoms with van der Waals surface area (Å²) in [4.78, 5) is 1.31. The molecular formula is C16H21NO2S. The Morgan fingerprint density at radius 1 is 1.50 bits per heavy atom. The van der Waals surface area contributed by atoms with Crippen LogP contribution in [0.3, 0.4) is 0 Å². The van der Waals surface area contributed by atoms with Gasteiger partial charge in [0, 0.05) is 35.2 Å². The van der Waals surface area contributed by atoms with Crippen LogP contribution in [-0.2, 0) is 4.74 Å². The summed E-state index contributed by atoms with van der Waals surface area (Å²) in [6.07, 6.45) is 0.616. The standard InChI is InChI=1S/C16H21NO2S/c1-11(17-10-16(18)7-8-19-12(16)2)15-9-13-5-3-4-6-14(13)20-15/h3-6,9,11-12,17-18H,7-8,10H2,1-2H3. The summed E-state index contributed by atoms with van der Waals surface area (Å²) in [6, 6.07) is 10.9. The maximum atomic E-state index is 10.5. The van der Waals surface area contributed by atoms with Crippen molar-refractivity contribution in [2.75, 3.05) is 13.2 Å². The minimum Gasteiger partial charge on any atom is -0.386 e. The highest BCUT2D eigenvalue weighted by atomic mass is 32.1. The molecule has 1 aliphatic heterocycles. The van der Waals surface area contributed by atoms with E-state index in [4.69, 9.17) is 4.74 Å². The van der Waals surface area contributed by atoms with E-state index in [0.717, 1.165) is 0 Å². The van der Waals surface area contributed by atoms with E-state index in [0.29, 0.717) is 19.6 Å². The Kier molecular flexibility index (Phi) is 3.82. The lowest BCUT2D eigenvalue weighted by atomic mass is 9.96. The molecule has 0 saturated carbocycles. The second-order valence-electron chi connectivity index (χ2n) is 5.66. The largest absolute Gasteiger partial charge is 0.386 e. The average molecular weight is 291 g/mol. The monoisotopic (exact) mass is 291 g/mol. The first kappa shape index (κ1) is 14.0. The fourth-order valence-corrected chi connectivity index (χ4v) is 3.74. The molecule has 0 radical (unpaired) electrons. The number of hydrogen-bond acceptors (Lipinski definition) is 4. The molecule has 3 unspecified atom stereocenters. The first-order valence-electron chi connectivity index (χ1n) is 7.14. The van der Waals surface area contributed by atoms with Crippen LogP contribution in [0.15, 0.2) is 30.3 Å². The van der Waals surface area contributed by atoms with Crippen LogP contribution >= 0.6 is 11.3 Å². The molecule has 1 aromatic carbocycles. The van der Waals surface area contributed by atoms with Crippen molar-refractivity contribution in [3.8, 4) is 0 Å². The number of thiophene rings is 1. The van der Waals surface area contributed by atoms with Gasteiger partial charge in [0.2, 0.25) is 0 Å². The van der Waals surface area contributed by atoms with Crippen LogP contribution < -0.4 is 5.32 Å². The van der Waals surface area contributed by atoms with Crippen LogP contribution in [0.2, 0.25) is 0 Å². The first-order chi connectivity index (χ1) is 9.58. The van der Waals surface area contributed by atoms with E-state index in [9.17, 15) is 5.11 Å². The second kappa shape index (κ2) is 5.45. The Morgan fingerprint density at radius 2 is 2.30 bits per heavy atom. The van der Waals surface area contributed by atoms with Crippen LogP contribution in [0.1, 0.15) is 31.2 Å². The van der Waals surface area contributed by atoms with Gasteiger partial charge in [-0.3, -0.25) is 0 Å². The fourth-order valence-electron chi connectivity index (χ4n) is 2.65. The van der Waals surface area contributed by atoms with Gasteiger partial charge in [0.15, 0.2) is 0 Å². The molecule has 1 fully saturated rings. The summed E-state index contributed by atoms with van der Waals surface area (Å²) in [7, 11) is 0. The normalized spacial score (nSPS) is 28.1. The van der Waals surface area contributed by atoms with E-state index >= 15 is 0 Å². The Bertz CT molecular complexity index is 564. The number of fused-ring (bicyclic) bond motifs is 1. The highest BCUT2D eigenvalue weighted by molar-refractivity contribution is 7.19. The lowest BCUT2D eigenvalue weighted by Crippen LogP contribution is -2.46. The van der Waals surface area contributed by atoms with Crippen molar-refractivity contribution in [1.82, 2.24) is 5.32 Å². The van der Waals surface area contributed by atoms with Gasteiger partial charge >= 0.3 is 0 Å². The number of ether oxygens (including phenoxy) is 1. The number of nitrogens with one attached hydrogen (secondary N) is 1. The molecule has 1 saturated heterocycles. The third-order valence-electron chi connectivity index (χ3n) is 4.25. The molecule has 20 heavy (non-hydrogen) atoms. The van der Waals surface area contributed by atoms with Crippen LogP contribution in [0.25, 0.3) is 10.1 Å². The van der Waals surface area contributed by atoms with Crippen molar-refractivity contribution in [3.63, 3.8) is 0 Å². The molecule has 2 N–H and O–H groups in total. The van der Waals surface area contributed by atoms with Crippen molar-refractivity contribution in [1.29, 1.82) is 0 Å². The van der Waals surface area contributed by atoms with E-state index in [1.165, 1.54) is 15.0 Å². The van der Waals surface area contributed by atoms with Crippen molar-refractivity contribution in [2.45, 2.75) is 38.0 Å². The maximum absolute atomic E-state index is 10.5. The summed E-state index contributed by atoms with van der Waals surface area (Å²) in [5, 5.41) is 15.3. The highest BCUT2D eigenvalue weighted by Gasteiger charge is 2.39. The molecule has 1 aromatic heterocycles. The molecule has 4 heteroatoms. The van der Waals surface area contributed by atoms with Gasteiger partial charge in [-0.25, -0.2) is 0 Å². The quantitative estimate of drug-likeness (QED) is 0.909. The van der Waals surface area contributed by atoms with Crippen LogP contribution in [0.4, 0.5) is 0 Å². The zero-order valence-corrected chi connectivity index (χ0v) is 12.7. The summed E-state index contributed by atoms with van der Waals surface area (Å²) in [5.41, 5.74) is -0.731. The van der Waals surface area contributed by atoms with Gasteiger partial charge in [0.05, 0.1) is 6.10 Å². The first-order valence-corrected chi connectivity index (χ1v) is 7.96. The van der Waals surface area contributed by atoms with Crippen LogP contribution in [0.5, 0.6) is 0 Å². The summed E-state index contributed by atoms with van der Waals surface area (Å²) in [5.74, 6) is 0. The number of benzene rings is 1. The SMILES string of the molecule is CC(NCC1(O)CCOC1C)c1cc2ccccc2s1. The number of rotatable bonds is 4. The molecule has 0 spiro atoms. The topological polar surface area (TPSA) is 41.5 Å². The van der Waals surface area contributed by atoms with Crippen molar-refractivity contribution in [3.05, 3.63) is 35.2 Å². The van der Waals surface area contributed by atoms with E-state index < -0.39 is 5.60 Å². The van der Waals surface area contributed by atoms with Crippen molar-refractivity contribution >= 4 is 21.4 Å². The molecule has 3 rings (SSSR count). The lowest BCUT2D eigenvalue weighted by Gasteiger charge is -2.28. The third kappa shape index (κ3) is 2.61. The number of aliphatic hydroxyl groups is 1. The zero-order chi connectivity index (χ0) is 14.2. The van der Waals surface area contributed by atoms with E-state index in [2.05, 4.69) is 42.6 Å². The van der Waals surface area contributed by atoms with Gasteiger partial charge in [-0.15, -0.1) is 11.3 Å². The highest BCUT2D eigenvalue weighted by Crippen LogP contribution is 2.31. The molecule has 3 nitrogen and oxygen atoms in total. The van der Waals surface area contributed by atoms with Gasteiger partial charge in [-0.05, 0) is 31.4 Å². The van der Waals surface area contributed by atoms with Gasteiger partial charge in [-0.2, -0.15) is 0 Å². The van der Waals surface area contributed by atoms with Crippen molar-refractivity contribution < 1.29 is 9.84 Å². The van der Waals surface area contributed by atoms with Gasteiger partial charge < -0.3 is 15.2 Å². The van der Waals surface area contributed by atoms with Crippen LogP contribution in [-0.4, -0.2) is 30.0 Å². The number of hydrogen-bond donors (Lipinski definition) is 2. The van der Waals surface area contributed by atoms with Gasteiger partial charge in [0.25, 0.3) is 0 Å². The molecule has 0 bridgehead atoms. The molecule has 2 aromatic rings. The van der Waals surface area contributed by atoms with Gasteiger partial charge in [0.1, 0.15) is 5.60 Å². The smallest absolute Gasteiger partial charge is 0.105 e. The van der Waals surface area contributed by atoms with Crippen molar-refractivity contribution in [2.24, 2.45) is 0 Å². The Balaban J connectivity index is 1.68. The molecule has 0 aliphatic carbocycles. The van der Waals surface area contributed by atoms with E-state index in [-0.39, 0.29) is 12.1 Å². The second-order valence-corrected chi connectivity index (χ2v) is 6.77.